The van der Waals surface area contributed by atoms with E-state index in [2.05, 4.69) is 10.3 Å². The van der Waals surface area contributed by atoms with E-state index in [-0.39, 0.29) is 17.7 Å². The van der Waals surface area contributed by atoms with Crippen LogP contribution < -0.4 is 5.32 Å². The summed E-state index contributed by atoms with van der Waals surface area (Å²) in [4.78, 5) is 30.0. The summed E-state index contributed by atoms with van der Waals surface area (Å²) in [6.07, 6.45) is 3.45. The van der Waals surface area contributed by atoms with Crippen LogP contribution in [0.4, 0.5) is 10.1 Å². The maximum absolute atomic E-state index is 13.2. The van der Waals surface area contributed by atoms with Crippen molar-refractivity contribution in [1.82, 2.24) is 9.88 Å². The standard InChI is InChI=1S/C19H20FN3O2/c1-13(24)23-9-3-4-15(12-23)18-8-7-14(11-21-18)19(25)22-17-6-2-5-16(20)10-17/h2,5-8,10-11,15H,3-4,9,12H2,1H3,(H,22,25). The number of aromatic nitrogens is 1. The fourth-order valence-electron chi connectivity index (χ4n) is 3.06. The van der Waals surface area contributed by atoms with Crippen LogP contribution in [0.1, 0.15) is 41.7 Å². The molecule has 1 aliphatic heterocycles. The van der Waals surface area contributed by atoms with Gasteiger partial charge in [0.05, 0.1) is 5.56 Å². The monoisotopic (exact) mass is 341 g/mol. The zero-order valence-electron chi connectivity index (χ0n) is 14.0. The summed E-state index contributed by atoms with van der Waals surface area (Å²) in [6.45, 7) is 3.03. The molecule has 2 amide bonds. The van der Waals surface area contributed by atoms with Crippen molar-refractivity contribution in [3.8, 4) is 0 Å². The SMILES string of the molecule is CC(=O)N1CCCC(c2ccc(C(=O)Nc3cccc(F)c3)cn2)C1. The first-order chi connectivity index (χ1) is 12.0. The number of carbonyl (C=O) groups excluding carboxylic acids is 2. The maximum Gasteiger partial charge on any atom is 0.257 e. The molecule has 1 N–H and O–H groups in total. The summed E-state index contributed by atoms with van der Waals surface area (Å²) in [5.74, 6) is -0.467. The molecule has 130 valence electrons. The van der Waals surface area contributed by atoms with Crippen molar-refractivity contribution in [2.24, 2.45) is 0 Å². The van der Waals surface area contributed by atoms with Gasteiger partial charge in [0.1, 0.15) is 5.82 Å². The molecule has 0 saturated carbocycles. The van der Waals surface area contributed by atoms with Crippen LogP contribution >= 0.6 is 0 Å². The Labute approximate surface area is 145 Å². The van der Waals surface area contributed by atoms with Gasteiger partial charge in [0.15, 0.2) is 0 Å². The third-order valence-corrected chi connectivity index (χ3v) is 4.42. The summed E-state index contributed by atoms with van der Waals surface area (Å²) in [5, 5.41) is 2.65. The van der Waals surface area contributed by atoms with E-state index < -0.39 is 5.82 Å². The van der Waals surface area contributed by atoms with Gasteiger partial charge in [0.25, 0.3) is 5.91 Å². The fourth-order valence-corrected chi connectivity index (χ4v) is 3.06. The lowest BCUT2D eigenvalue weighted by Crippen LogP contribution is -2.37. The first-order valence-corrected chi connectivity index (χ1v) is 8.31. The van der Waals surface area contributed by atoms with Crippen LogP contribution in [-0.2, 0) is 4.79 Å². The number of anilines is 1. The van der Waals surface area contributed by atoms with Crippen LogP contribution in [-0.4, -0.2) is 34.8 Å². The molecule has 1 fully saturated rings. The number of hydrogen-bond acceptors (Lipinski definition) is 3. The molecule has 0 bridgehead atoms. The van der Waals surface area contributed by atoms with Crippen LogP contribution in [0.15, 0.2) is 42.6 Å². The number of pyridine rings is 1. The Balaban J connectivity index is 1.67. The van der Waals surface area contributed by atoms with Crippen molar-refractivity contribution < 1.29 is 14.0 Å². The highest BCUT2D eigenvalue weighted by Gasteiger charge is 2.23. The lowest BCUT2D eigenvalue weighted by atomic mass is 9.94. The minimum atomic E-state index is -0.404. The molecule has 0 spiro atoms. The number of likely N-dealkylation sites (tertiary alicyclic amines) is 1. The number of carbonyl (C=O) groups is 2. The van der Waals surface area contributed by atoms with Gasteiger partial charge in [-0.3, -0.25) is 14.6 Å². The van der Waals surface area contributed by atoms with Gasteiger partial charge in [-0.1, -0.05) is 6.07 Å². The first-order valence-electron chi connectivity index (χ1n) is 8.31. The highest BCUT2D eigenvalue weighted by Crippen LogP contribution is 2.25. The Hall–Kier alpha value is -2.76. The second-order valence-electron chi connectivity index (χ2n) is 6.24. The van der Waals surface area contributed by atoms with E-state index in [9.17, 15) is 14.0 Å². The average Bonchev–Trinajstić information content (AvgIpc) is 2.62. The van der Waals surface area contributed by atoms with Crippen molar-refractivity contribution >= 4 is 17.5 Å². The second kappa shape index (κ2) is 7.42. The van der Waals surface area contributed by atoms with E-state index in [0.717, 1.165) is 25.1 Å². The van der Waals surface area contributed by atoms with Crippen LogP contribution in [0.2, 0.25) is 0 Å². The van der Waals surface area contributed by atoms with Crippen LogP contribution in [0.3, 0.4) is 0 Å². The number of nitrogens with one attached hydrogen (secondary N) is 1. The first kappa shape index (κ1) is 17.1. The number of rotatable bonds is 3. The smallest absolute Gasteiger partial charge is 0.257 e. The van der Waals surface area contributed by atoms with Crippen molar-refractivity contribution in [2.45, 2.75) is 25.7 Å². The number of benzene rings is 1. The maximum atomic E-state index is 13.2. The van der Waals surface area contributed by atoms with Crippen LogP contribution in [0, 0.1) is 5.82 Å². The zero-order chi connectivity index (χ0) is 17.8. The van der Waals surface area contributed by atoms with E-state index in [1.54, 1.807) is 19.1 Å². The van der Waals surface area contributed by atoms with E-state index in [1.807, 2.05) is 11.0 Å². The Morgan fingerprint density at radius 2 is 2.12 bits per heavy atom. The normalized spacial score (nSPS) is 17.2. The predicted octanol–water partition coefficient (Wildman–Crippen LogP) is 3.20. The minimum absolute atomic E-state index is 0.0794. The van der Waals surface area contributed by atoms with Crippen molar-refractivity contribution in [2.75, 3.05) is 18.4 Å². The number of amides is 2. The van der Waals surface area contributed by atoms with Gasteiger partial charge in [-0.15, -0.1) is 0 Å². The van der Waals surface area contributed by atoms with Crippen molar-refractivity contribution in [1.29, 1.82) is 0 Å². The molecule has 3 rings (SSSR count). The van der Waals surface area contributed by atoms with Gasteiger partial charge < -0.3 is 10.2 Å². The van der Waals surface area contributed by atoms with E-state index >= 15 is 0 Å². The molecule has 1 saturated heterocycles. The fraction of sp³-hybridized carbons (Fsp3) is 0.316. The predicted molar refractivity (Wildman–Crippen MR) is 92.8 cm³/mol. The zero-order valence-corrected chi connectivity index (χ0v) is 14.0. The van der Waals surface area contributed by atoms with Crippen LogP contribution in [0.25, 0.3) is 0 Å². The van der Waals surface area contributed by atoms with Gasteiger partial charge in [-0.2, -0.15) is 0 Å². The number of halogens is 1. The van der Waals surface area contributed by atoms with E-state index in [1.165, 1.54) is 24.4 Å². The molecule has 1 unspecified atom stereocenters. The Bertz CT molecular complexity index is 776. The molecule has 25 heavy (non-hydrogen) atoms. The van der Waals surface area contributed by atoms with Gasteiger partial charge in [0, 0.05) is 43.5 Å². The highest BCUT2D eigenvalue weighted by atomic mass is 19.1. The van der Waals surface area contributed by atoms with E-state index in [0.29, 0.717) is 17.8 Å². The minimum Gasteiger partial charge on any atom is -0.342 e. The quantitative estimate of drug-likeness (QED) is 0.932. The van der Waals surface area contributed by atoms with Crippen LogP contribution in [0.5, 0.6) is 0 Å². The van der Waals surface area contributed by atoms with Gasteiger partial charge in [-0.25, -0.2) is 4.39 Å². The number of hydrogen-bond donors (Lipinski definition) is 1. The van der Waals surface area contributed by atoms with Gasteiger partial charge in [0.2, 0.25) is 5.91 Å². The molecule has 2 aromatic rings. The van der Waals surface area contributed by atoms with Gasteiger partial charge in [-0.05, 0) is 43.2 Å². The molecule has 6 heteroatoms. The molecule has 5 nitrogen and oxygen atoms in total. The summed E-state index contributed by atoms with van der Waals surface area (Å²) in [5.41, 5.74) is 1.69. The summed E-state index contributed by atoms with van der Waals surface area (Å²) in [7, 11) is 0. The second-order valence-corrected chi connectivity index (χ2v) is 6.24. The molecule has 1 aromatic carbocycles. The lowest BCUT2D eigenvalue weighted by molar-refractivity contribution is -0.130. The summed E-state index contributed by atoms with van der Waals surface area (Å²) in [6, 6.07) is 9.29. The third-order valence-electron chi connectivity index (χ3n) is 4.42. The summed E-state index contributed by atoms with van der Waals surface area (Å²) >= 11 is 0. The molecule has 0 aliphatic carbocycles. The molecular weight excluding hydrogens is 321 g/mol. The average molecular weight is 341 g/mol. The molecule has 1 atom stereocenters. The highest BCUT2D eigenvalue weighted by molar-refractivity contribution is 6.04. The topological polar surface area (TPSA) is 62.3 Å². The Kier molecular flexibility index (Phi) is 5.07. The summed E-state index contributed by atoms with van der Waals surface area (Å²) < 4.78 is 13.2. The molecule has 1 aliphatic rings. The largest absolute Gasteiger partial charge is 0.342 e. The lowest BCUT2D eigenvalue weighted by Gasteiger charge is -2.31. The van der Waals surface area contributed by atoms with Crippen molar-refractivity contribution in [3.05, 3.63) is 59.7 Å². The number of piperidine rings is 1. The Morgan fingerprint density at radius 1 is 1.28 bits per heavy atom. The molecular formula is C19H20FN3O2. The molecule has 2 heterocycles. The Morgan fingerprint density at radius 3 is 2.80 bits per heavy atom. The molecule has 1 aromatic heterocycles. The number of nitrogens with zero attached hydrogens (tertiary/aromatic N) is 2. The van der Waals surface area contributed by atoms with Gasteiger partial charge >= 0.3 is 0 Å². The third kappa shape index (κ3) is 4.21. The van der Waals surface area contributed by atoms with E-state index in [4.69, 9.17) is 0 Å². The van der Waals surface area contributed by atoms with Crippen molar-refractivity contribution in [3.63, 3.8) is 0 Å². The molecule has 0 radical (unpaired) electrons.